The third kappa shape index (κ3) is 4.52. The van der Waals surface area contributed by atoms with Crippen LogP contribution in [-0.4, -0.2) is 51.1 Å². The molecule has 2 atom stereocenters. The fourth-order valence-electron chi connectivity index (χ4n) is 3.42. The highest BCUT2D eigenvalue weighted by molar-refractivity contribution is 5.92. The van der Waals surface area contributed by atoms with Gasteiger partial charge in [0.2, 0.25) is 0 Å². The summed E-state index contributed by atoms with van der Waals surface area (Å²) >= 11 is 0. The van der Waals surface area contributed by atoms with Gasteiger partial charge < -0.3 is 15.2 Å². The van der Waals surface area contributed by atoms with Gasteiger partial charge in [0.1, 0.15) is 5.69 Å². The smallest absolute Gasteiger partial charge is 0.270 e. The molecule has 3 heterocycles. The second-order valence-electron chi connectivity index (χ2n) is 7.30. The molecule has 2 N–H and O–H groups in total. The topological polar surface area (TPSA) is 89.3 Å². The zero-order chi connectivity index (χ0) is 20.2. The monoisotopic (exact) mass is 392 g/mol. The number of ether oxygens (including phenoxy) is 1. The zero-order valence-electron chi connectivity index (χ0n) is 16.3. The quantitative estimate of drug-likeness (QED) is 0.694. The van der Waals surface area contributed by atoms with Crippen LogP contribution in [0.2, 0.25) is 0 Å². The highest BCUT2D eigenvalue weighted by atomic mass is 16.5. The number of nitrogens with zero attached hydrogens (tertiary/aromatic N) is 3. The van der Waals surface area contributed by atoms with E-state index in [0.717, 1.165) is 22.4 Å². The molecule has 1 saturated heterocycles. The lowest BCUT2D eigenvalue weighted by Gasteiger charge is -2.28. The molecule has 0 bridgehead atoms. The number of carbonyl (C=O) groups excluding carboxylic acids is 1. The highest BCUT2D eigenvalue weighted by Crippen LogP contribution is 2.17. The molecule has 1 fully saturated rings. The van der Waals surface area contributed by atoms with Crippen LogP contribution >= 0.6 is 0 Å². The SMILES string of the molecule is Cc1cnc(C(=O)N[C@H]2CCOC[C@@H]2O)cc1Cc1ccc(-n2cccn2)cc1. The lowest BCUT2D eigenvalue weighted by atomic mass is 10.0. The molecule has 1 amide bonds. The number of rotatable bonds is 5. The van der Waals surface area contributed by atoms with Crippen molar-refractivity contribution in [3.8, 4) is 5.69 Å². The minimum Gasteiger partial charge on any atom is -0.389 e. The van der Waals surface area contributed by atoms with Gasteiger partial charge in [-0.15, -0.1) is 0 Å². The average Bonchev–Trinajstić information content (AvgIpc) is 3.27. The van der Waals surface area contributed by atoms with Gasteiger partial charge in [0.15, 0.2) is 0 Å². The molecule has 7 nitrogen and oxygen atoms in total. The van der Waals surface area contributed by atoms with Crippen molar-refractivity contribution < 1.29 is 14.6 Å². The van der Waals surface area contributed by atoms with E-state index in [9.17, 15) is 9.90 Å². The molecule has 1 aliphatic heterocycles. The summed E-state index contributed by atoms with van der Waals surface area (Å²) in [4.78, 5) is 16.9. The Morgan fingerprint density at radius 1 is 1.34 bits per heavy atom. The number of hydrogen-bond donors (Lipinski definition) is 2. The first-order valence-electron chi connectivity index (χ1n) is 9.71. The Morgan fingerprint density at radius 3 is 2.90 bits per heavy atom. The standard InChI is InChI=1S/C22H24N4O3/c1-15-13-23-20(22(28)25-19-7-10-29-14-21(19)27)12-17(15)11-16-3-5-18(6-4-16)26-9-2-8-24-26/h2-6,8-9,12-13,19,21,27H,7,10-11,14H2,1H3,(H,25,28)/t19-,21-/m0/s1. The first kappa shape index (κ1) is 19.3. The molecule has 2 aromatic heterocycles. The van der Waals surface area contributed by atoms with Crippen molar-refractivity contribution in [1.29, 1.82) is 0 Å². The minimum atomic E-state index is -0.689. The van der Waals surface area contributed by atoms with Gasteiger partial charge in [-0.25, -0.2) is 4.68 Å². The Morgan fingerprint density at radius 2 is 2.17 bits per heavy atom. The first-order chi connectivity index (χ1) is 14.1. The predicted molar refractivity (Wildman–Crippen MR) is 108 cm³/mol. The summed E-state index contributed by atoms with van der Waals surface area (Å²) in [5.41, 5.74) is 4.58. The fourth-order valence-corrected chi connectivity index (χ4v) is 3.42. The number of aryl methyl sites for hydroxylation is 1. The molecular weight excluding hydrogens is 368 g/mol. The van der Waals surface area contributed by atoms with E-state index in [4.69, 9.17) is 4.74 Å². The molecule has 7 heteroatoms. The Labute approximate surface area is 169 Å². The van der Waals surface area contributed by atoms with Gasteiger partial charge in [0, 0.05) is 25.2 Å². The number of pyridine rings is 1. The van der Waals surface area contributed by atoms with E-state index < -0.39 is 6.10 Å². The van der Waals surface area contributed by atoms with Crippen LogP contribution in [0, 0.1) is 6.92 Å². The zero-order valence-corrected chi connectivity index (χ0v) is 16.3. The van der Waals surface area contributed by atoms with Crippen molar-refractivity contribution in [2.24, 2.45) is 0 Å². The molecule has 0 aliphatic carbocycles. The van der Waals surface area contributed by atoms with Crippen molar-refractivity contribution in [3.63, 3.8) is 0 Å². The summed E-state index contributed by atoms with van der Waals surface area (Å²) < 4.78 is 7.02. The molecule has 4 rings (SSSR count). The van der Waals surface area contributed by atoms with Gasteiger partial charge in [0.25, 0.3) is 5.91 Å². The van der Waals surface area contributed by atoms with Gasteiger partial charge in [-0.2, -0.15) is 5.10 Å². The van der Waals surface area contributed by atoms with Gasteiger partial charge in [0.05, 0.1) is 24.4 Å². The van der Waals surface area contributed by atoms with Crippen LogP contribution in [0.3, 0.4) is 0 Å². The first-order valence-corrected chi connectivity index (χ1v) is 9.71. The number of nitrogens with one attached hydrogen (secondary N) is 1. The minimum absolute atomic E-state index is 0.242. The summed E-state index contributed by atoms with van der Waals surface area (Å²) in [6, 6.07) is 11.6. The maximum atomic E-state index is 12.6. The highest BCUT2D eigenvalue weighted by Gasteiger charge is 2.26. The summed E-state index contributed by atoms with van der Waals surface area (Å²) in [5, 5.41) is 17.1. The molecule has 1 aromatic carbocycles. The molecule has 150 valence electrons. The predicted octanol–water partition coefficient (Wildman–Crippen LogP) is 2.05. The second kappa shape index (κ2) is 8.55. The fraction of sp³-hybridized carbons (Fsp3) is 0.318. The van der Waals surface area contributed by atoms with Crippen LogP contribution in [0.4, 0.5) is 0 Å². The molecule has 0 saturated carbocycles. The average molecular weight is 392 g/mol. The number of aromatic nitrogens is 3. The summed E-state index contributed by atoms with van der Waals surface area (Å²) in [7, 11) is 0. The molecule has 0 spiro atoms. The van der Waals surface area contributed by atoms with Crippen LogP contribution in [0.15, 0.2) is 55.0 Å². The lowest BCUT2D eigenvalue weighted by Crippen LogP contribution is -2.48. The lowest BCUT2D eigenvalue weighted by molar-refractivity contribution is -0.0261. The third-order valence-corrected chi connectivity index (χ3v) is 5.19. The van der Waals surface area contributed by atoms with Crippen LogP contribution < -0.4 is 5.32 Å². The molecule has 0 radical (unpaired) electrons. The van der Waals surface area contributed by atoms with E-state index in [1.165, 1.54) is 0 Å². The normalized spacial score (nSPS) is 19.1. The Bertz CT molecular complexity index is 970. The third-order valence-electron chi connectivity index (χ3n) is 5.19. The van der Waals surface area contributed by atoms with E-state index in [0.29, 0.717) is 25.1 Å². The van der Waals surface area contributed by atoms with Crippen molar-refractivity contribution in [1.82, 2.24) is 20.1 Å². The molecule has 29 heavy (non-hydrogen) atoms. The number of benzene rings is 1. The van der Waals surface area contributed by atoms with E-state index in [1.54, 1.807) is 12.4 Å². The van der Waals surface area contributed by atoms with Gasteiger partial charge in [-0.05, 0) is 60.7 Å². The van der Waals surface area contributed by atoms with Crippen LogP contribution in [0.1, 0.15) is 33.6 Å². The number of aliphatic hydroxyl groups is 1. The van der Waals surface area contributed by atoms with E-state index >= 15 is 0 Å². The van der Waals surface area contributed by atoms with Crippen molar-refractivity contribution in [2.45, 2.75) is 31.9 Å². The number of carbonyl (C=O) groups is 1. The summed E-state index contributed by atoms with van der Waals surface area (Å²) in [5.74, 6) is -0.272. The molecule has 3 aromatic rings. The van der Waals surface area contributed by atoms with E-state index in [1.807, 2.05) is 42.1 Å². The van der Waals surface area contributed by atoms with Crippen LogP contribution in [0.5, 0.6) is 0 Å². The van der Waals surface area contributed by atoms with E-state index in [2.05, 4.69) is 27.5 Å². The van der Waals surface area contributed by atoms with Crippen LogP contribution in [-0.2, 0) is 11.2 Å². The maximum absolute atomic E-state index is 12.6. The van der Waals surface area contributed by atoms with Gasteiger partial charge in [-0.3, -0.25) is 9.78 Å². The van der Waals surface area contributed by atoms with Crippen molar-refractivity contribution in [3.05, 3.63) is 77.4 Å². The van der Waals surface area contributed by atoms with Crippen LogP contribution in [0.25, 0.3) is 5.69 Å². The number of hydrogen-bond acceptors (Lipinski definition) is 5. The van der Waals surface area contributed by atoms with E-state index in [-0.39, 0.29) is 18.6 Å². The van der Waals surface area contributed by atoms with Gasteiger partial charge >= 0.3 is 0 Å². The molecular formula is C22H24N4O3. The number of aliphatic hydroxyl groups excluding tert-OH is 1. The number of amides is 1. The Balaban J connectivity index is 1.47. The van der Waals surface area contributed by atoms with Crippen molar-refractivity contribution >= 4 is 5.91 Å². The second-order valence-corrected chi connectivity index (χ2v) is 7.30. The summed E-state index contributed by atoms with van der Waals surface area (Å²) in [6.45, 7) is 2.76. The van der Waals surface area contributed by atoms with Crippen molar-refractivity contribution in [2.75, 3.05) is 13.2 Å². The Kier molecular flexibility index (Phi) is 5.69. The summed E-state index contributed by atoms with van der Waals surface area (Å²) in [6.07, 6.45) is 5.98. The largest absolute Gasteiger partial charge is 0.389 e. The maximum Gasteiger partial charge on any atom is 0.270 e. The molecule has 0 unspecified atom stereocenters. The van der Waals surface area contributed by atoms with Gasteiger partial charge in [-0.1, -0.05) is 12.1 Å². The Hall–Kier alpha value is -3.03. The molecule has 1 aliphatic rings.